The first-order valence-electron chi connectivity index (χ1n) is 6.04. The van der Waals surface area contributed by atoms with Crippen LogP contribution in [0.2, 0.25) is 0 Å². The second-order valence-electron chi connectivity index (χ2n) is 4.11. The maximum atomic E-state index is 4.42. The Bertz CT molecular complexity index is 282. The fraction of sp³-hybridized carbons (Fsp3) is 0.615. The normalized spacial score (nSPS) is 11.0. The lowest BCUT2D eigenvalue weighted by atomic mass is 10.2. The van der Waals surface area contributed by atoms with Gasteiger partial charge < -0.3 is 10.2 Å². The molecule has 0 aliphatic rings. The van der Waals surface area contributed by atoms with Crippen LogP contribution in [-0.4, -0.2) is 43.1 Å². The molecule has 0 fully saturated rings. The smallest absolute Gasteiger partial charge is 0.0416 e. The first-order chi connectivity index (χ1) is 7.76. The van der Waals surface area contributed by atoms with E-state index in [4.69, 9.17) is 0 Å². The molecule has 0 aromatic carbocycles. The van der Waals surface area contributed by atoms with Gasteiger partial charge in [0.05, 0.1) is 0 Å². The zero-order valence-electron chi connectivity index (χ0n) is 10.7. The van der Waals surface area contributed by atoms with Gasteiger partial charge in [-0.05, 0) is 32.1 Å². The fourth-order valence-corrected chi connectivity index (χ4v) is 1.62. The van der Waals surface area contributed by atoms with Gasteiger partial charge in [-0.2, -0.15) is 0 Å². The van der Waals surface area contributed by atoms with E-state index in [1.165, 1.54) is 11.3 Å². The van der Waals surface area contributed by atoms with Gasteiger partial charge in [0.15, 0.2) is 0 Å². The Labute approximate surface area is 98.9 Å². The van der Waals surface area contributed by atoms with Crippen LogP contribution in [0.15, 0.2) is 18.3 Å². The second-order valence-corrected chi connectivity index (χ2v) is 4.11. The van der Waals surface area contributed by atoms with E-state index in [2.05, 4.69) is 41.2 Å². The van der Waals surface area contributed by atoms with Gasteiger partial charge in [-0.3, -0.25) is 4.98 Å². The highest BCUT2D eigenvalue weighted by molar-refractivity contribution is 5.12. The molecule has 0 saturated carbocycles. The van der Waals surface area contributed by atoms with Crippen molar-refractivity contribution in [2.24, 2.45) is 0 Å². The molecule has 1 aromatic heterocycles. The van der Waals surface area contributed by atoms with Crippen LogP contribution < -0.4 is 5.32 Å². The van der Waals surface area contributed by atoms with Gasteiger partial charge in [0.25, 0.3) is 0 Å². The third-order valence-corrected chi connectivity index (χ3v) is 2.78. The molecular formula is C13H23N3. The third-order valence-electron chi connectivity index (χ3n) is 2.78. The third kappa shape index (κ3) is 4.73. The van der Waals surface area contributed by atoms with Gasteiger partial charge in [-0.15, -0.1) is 0 Å². The standard InChI is InChI=1S/C13H23N3/c1-4-16(10-8-14-3)9-7-13-6-5-12(2)11-15-13/h5-6,11,14H,4,7-10H2,1-3H3. The molecule has 0 radical (unpaired) electrons. The molecule has 1 heterocycles. The Morgan fingerprint density at radius 1 is 1.31 bits per heavy atom. The van der Waals surface area contributed by atoms with Crippen molar-refractivity contribution in [2.45, 2.75) is 20.3 Å². The van der Waals surface area contributed by atoms with E-state index >= 15 is 0 Å². The van der Waals surface area contributed by atoms with Crippen LogP contribution in [0.1, 0.15) is 18.2 Å². The predicted octanol–water partition coefficient (Wildman–Crippen LogP) is 1.47. The average Bonchev–Trinajstić information content (AvgIpc) is 2.32. The van der Waals surface area contributed by atoms with E-state index < -0.39 is 0 Å². The van der Waals surface area contributed by atoms with Crippen molar-refractivity contribution in [2.75, 3.05) is 33.2 Å². The van der Waals surface area contributed by atoms with E-state index in [1.807, 2.05) is 13.2 Å². The highest BCUT2D eigenvalue weighted by atomic mass is 15.1. The molecule has 0 spiro atoms. The Morgan fingerprint density at radius 2 is 2.12 bits per heavy atom. The van der Waals surface area contributed by atoms with Gasteiger partial charge in [0.2, 0.25) is 0 Å². The summed E-state index contributed by atoms with van der Waals surface area (Å²) in [5, 5.41) is 3.18. The van der Waals surface area contributed by atoms with Gasteiger partial charge in [0, 0.05) is 37.9 Å². The van der Waals surface area contributed by atoms with E-state index in [1.54, 1.807) is 0 Å². The molecule has 1 aromatic rings. The van der Waals surface area contributed by atoms with Crippen molar-refractivity contribution < 1.29 is 0 Å². The lowest BCUT2D eigenvalue weighted by Gasteiger charge is -2.19. The van der Waals surface area contributed by atoms with E-state index in [9.17, 15) is 0 Å². The molecule has 0 aliphatic carbocycles. The van der Waals surface area contributed by atoms with Crippen molar-refractivity contribution in [1.29, 1.82) is 0 Å². The van der Waals surface area contributed by atoms with Crippen molar-refractivity contribution in [3.63, 3.8) is 0 Å². The first kappa shape index (κ1) is 13.1. The molecule has 0 aliphatic heterocycles. The molecular weight excluding hydrogens is 198 g/mol. The monoisotopic (exact) mass is 221 g/mol. The Morgan fingerprint density at radius 3 is 2.69 bits per heavy atom. The van der Waals surface area contributed by atoms with Gasteiger partial charge in [-0.25, -0.2) is 0 Å². The summed E-state index contributed by atoms with van der Waals surface area (Å²) in [4.78, 5) is 6.87. The maximum absolute atomic E-state index is 4.42. The summed E-state index contributed by atoms with van der Waals surface area (Å²) in [5.41, 5.74) is 2.42. The molecule has 0 saturated heterocycles. The summed E-state index contributed by atoms with van der Waals surface area (Å²) in [7, 11) is 2.00. The van der Waals surface area contributed by atoms with Gasteiger partial charge in [0.1, 0.15) is 0 Å². The molecule has 90 valence electrons. The van der Waals surface area contributed by atoms with E-state index in [0.29, 0.717) is 0 Å². The highest BCUT2D eigenvalue weighted by Gasteiger charge is 2.02. The summed E-state index contributed by atoms with van der Waals surface area (Å²) < 4.78 is 0. The molecule has 0 unspecified atom stereocenters. The molecule has 0 amide bonds. The lowest BCUT2D eigenvalue weighted by molar-refractivity contribution is 0.292. The van der Waals surface area contributed by atoms with Gasteiger partial charge in [-0.1, -0.05) is 13.0 Å². The molecule has 1 rings (SSSR count). The van der Waals surface area contributed by atoms with E-state index in [-0.39, 0.29) is 0 Å². The average molecular weight is 221 g/mol. The summed E-state index contributed by atoms with van der Waals surface area (Å²) >= 11 is 0. The van der Waals surface area contributed by atoms with Crippen LogP contribution >= 0.6 is 0 Å². The number of aromatic nitrogens is 1. The van der Waals surface area contributed by atoms with Crippen LogP contribution in [0.25, 0.3) is 0 Å². The molecule has 16 heavy (non-hydrogen) atoms. The van der Waals surface area contributed by atoms with E-state index in [0.717, 1.165) is 32.6 Å². The molecule has 1 N–H and O–H groups in total. The Kier molecular flexibility index (Phi) is 6.04. The zero-order valence-corrected chi connectivity index (χ0v) is 10.7. The highest BCUT2D eigenvalue weighted by Crippen LogP contribution is 2.00. The first-order valence-corrected chi connectivity index (χ1v) is 6.04. The Balaban J connectivity index is 2.34. The lowest BCUT2D eigenvalue weighted by Crippen LogP contribution is -2.32. The summed E-state index contributed by atoms with van der Waals surface area (Å²) in [6, 6.07) is 4.26. The minimum Gasteiger partial charge on any atom is -0.318 e. The van der Waals surface area contributed by atoms with Crippen LogP contribution in [0.4, 0.5) is 0 Å². The fourth-order valence-electron chi connectivity index (χ4n) is 1.62. The molecule has 0 atom stereocenters. The van der Waals surface area contributed by atoms with Crippen molar-refractivity contribution in [1.82, 2.24) is 15.2 Å². The number of hydrogen-bond acceptors (Lipinski definition) is 3. The minimum absolute atomic E-state index is 1.04. The number of rotatable bonds is 7. The van der Waals surface area contributed by atoms with Crippen molar-refractivity contribution >= 4 is 0 Å². The van der Waals surface area contributed by atoms with Crippen LogP contribution in [0, 0.1) is 6.92 Å². The van der Waals surface area contributed by atoms with Crippen LogP contribution in [-0.2, 0) is 6.42 Å². The summed E-state index contributed by atoms with van der Waals surface area (Å²) in [6.45, 7) is 8.64. The summed E-state index contributed by atoms with van der Waals surface area (Å²) in [6.07, 6.45) is 2.98. The number of nitrogens with one attached hydrogen (secondary N) is 1. The quantitative estimate of drug-likeness (QED) is 0.756. The number of pyridine rings is 1. The molecule has 3 nitrogen and oxygen atoms in total. The van der Waals surface area contributed by atoms with Crippen LogP contribution in [0.5, 0.6) is 0 Å². The SMILES string of the molecule is CCN(CCNC)CCc1ccc(C)cn1. The second kappa shape index (κ2) is 7.36. The number of nitrogens with zero attached hydrogens (tertiary/aromatic N) is 2. The molecule has 0 bridgehead atoms. The van der Waals surface area contributed by atoms with Crippen molar-refractivity contribution in [3.8, 4) is 0 Å². The number of aryl methyl sites for hydroxylation is 1. The number of likely N-dealkylation sites (N-methyl/N-ethyl adjacent to an activating group) is 2. The van der Waals surface area contributed by atoms with Crippen LogP contribution in [0.3, 0.4) is 0 Å². The topological polar surface area (TPSA) is 28.2 Å². The summed E-state index contributed by atoms with van der Waals surface area (Å²) in [5.74, 6) is 0. The van der Waals surface area contributed by atoms with Gasteiger partial charge >= 0.3 is 0 Å². The maximum Gasteiger partial charge on any atom is 0.0416 e. The Hall–Kier alpha value is -0.930. The number of hydrogen-bond donors (Lipinski definition) is 1. The zero-order chi connectivity index (χ0) is 11.8. The minimum atomic E-state index is 1.04. The van der Waals surface area contributed by atoms with Crippen molar-refractivity contribution in [3.05, 3.63) is 29.6 Å². The predicted molar refractivity (Wildman–Crippen MR) is 68.7 cm³/mol. The largest absolute Gasteiger partial charge is 0.318 e. The molecule has 3 heteroatoms.